The Labute approximate surface area is 159 Å². The number of rotatable bonds is 0. The van der Waals surface area contributed by atoms with Crippen molar-refractivity contribution in [3.05, 3.63) is 94.3 Å². The Morgan fingerprint density at radius 1 is 0.786 bits per heavy atom. The molecule has 0 atom stereocenters. The summed E-state index contributed by atoms with van der Waals surface area (Å²) in [7, 11) is 0. The number of nitrogens with zero attached hydrogens (tertiary/aromatic N) is 2. The molecular weight excluding hydrogens is 344 g/mol. The van der Waals surface area contributed by atoms with Crippen LogP contribution in [0.3, 0.4) is 0 Å². The van der Waals surface area contributed by atoms with Gasteiger partial charge in [0.2, 0.25) is 0 Å². The van der Waals surface area contributed by atoms with Crippen LogP contribution >= 0.6 is 0 Å². The third-order valence-corrected chi connectivity index (χ3v) is 6.16. The first kappa shape index (κ1) is 14.4. The standard InChI is InChI=1S/C25H14N2O/c28-25-19-10-4-7-14-6-3-9-18(21(14)19)24-26-23-20(27(24)25)12-11-16-13-15-5-1-2-8-17(15)22(16)23/h1-12H,13H2. The van der Waals surface area contributed by atoms with Gasteiger partial charge in [0.15, 0.2) is 0 Å². The van der Waals surface area contributed by atoms with Gasteiger partial charge < -0.3 is 0 Å². The van der Waals surface area contributed by atoms with Crippen molar-refractivity contribution in [2.24, 2.45) is 0 Å². The maximum Gasteiger partial charge on any atom is 0.264 e. The summed E-state index contributed by atoms with van der Waals surface area (Å²) in [5.41, 5.74) is 7.61. The van der Waals surface area contributed by atoms with E-state index in [0.29, 0.717) is 0 Å². The van der Waals surface area contributed by atoms with Crippen LogP contribution in [0.1, 0.15) is 11.1 Å². The van der Waals surface area contributed by atoms with Gasteiger partial charge in [-0.05, 0) is 40.6 Å². The number of aromatic nitrogens is 2. The molecule has 4 aromatic carbocycles. The zero-order valence-electron chi connectivity index (χ0n) is 14.9. The van der Waals surface area contributed by atoms with Gasteiger partial charge in [-0.1, -0.05) is 60.7 Å². The average molecular weight is 358 g/mol. The van der Waals surface area contributed by atoms with E-state index in [4.69, 9.17) is 4.98 Å². The van der Waals surface area contributed by atoms with Crippen LogP contribution in [0.5, 0.6) is 0 Å². The molecule has 0 bridgehead atoms. The number of hydrogen-bond acceptors (Lipinski definition) is 2. The lowest BCUT2D eigenvalue weighted by Gasteiger charge is -2.06. The van der Waals surface area contributed by atoms with Crippen LogP contribution in [0.15, 0.2) is 77.6 Å². The molecule has 3 heteroatoms. The molecule has 0 unspecified atom stereocenters. The predicted octanol–water partition coefficient (Wildman–Crippen LogP) is 5.16. The van der Waals surface area contributed by atoms with E-state index in [9.17, 15) is 4.79 Å². The van der Waals surface area contributed by atoms with E-state index in [1.807, 2.05) is 18.2 Å². The van der Waals surface area contributed by atoms with Crippen LogP contribution in [0.2, 0.25) is 0 Å². The van der Waals surface area contributed by atoms with E-state index >= 15 is 0 Å². The van der Waals surface area contributed by atoms with E-state index in [1.165, 1.54) is 22.3 Å². The van der Waals surface area contributed by atoms with Crippen molar-refractivity contribution in [2.45, 2.75) is 6.42 Å². The fourth-order valence-electron chi connectivity index (χ4n) is 4.97. The molecule has 2 heterocycles. The van der Waals surface area contributed by atoms with Crippen molar-refractivity contribution in [1.29, 1.82) is 0 Å². The molecule has 0 amide bonds. The summed E-state index contributed by atoms with van der Waals surface area (Å²) in [5.74, 6) is 0. The maximum absolute atomic E-state index is 13.4. The Bertz CT molecular complexity index is 1650. The minimum atomic E-state index is 0.00744. The Kier molecular flexibility index (Phi) is 2.44. The molecule has 2 aromatic heterocycles. The van der Waals surface area contributed by atoms with Crippen molar-refractivity contribution >= 4 is 38.2 Å². The molecule has 0 aliphatic heterocycles. The van der Waals surface area contributed by atoms with E-state index in [1.54, 1.807) is 4.40 Å². The summed E-state index contributed by atoms with van der Waals surface area (Å²) in [4.78, 5) is 18.5. The zero-order chi connectivity index (χ0) is 18.4. The minimum Gasteiger partial charge on any atom is -0.268 e. The Hall–Kier alpha value is -3.72. The van der Waals surface area contributed by atoms with Gasteiger partial charge in [0.05, 0.1) is 11.0 Å². The SMILES string of the molecule is O=c1c2cccc3cccc(c32)c2nc3c4c(ccc3n12)Cc1ccccc1-4. The second-order valence-corrected chi connectivity index (χ2v) is 7.59. The van der Waals surface area contributed by atoms with Crippen LogP contribution in [-0.2, 0) is 6.42 Å². The van der Waals surface area contributed by atoms with Crippen LogP contribution in [-0.4, -0.2) is 9.38 Å². The predicted molar refractivity (Wildman–Crippen MR) is 113 cm³/mol. The van der Waals surface area contributed by atoms with Gasteiger partial charge in [-0.25, -0.2) is 4.98 Å². The molecule has 0 fully saturated rings. The highest BCUT2D eigenvalue weighted by molar-refractivity contribution is 6.16. The summed E-state index contributed by atoms with van der Waals surface area (Å²) in [6.07, 6.45) is 0.924. The van der Waals surface area contributed by atoms with Crippen LogP contribution in [0.4, 0.5) is 0 Å². The Morgan fingerprint density at radius 2 is 1.61 bits per heavy atom. The number of imidazole rings is 1. The molecule has 7 rings (SSSR count). The topological polar surface area (TPSA) is 34.4 Å². The van der Waals surface area contributed by atoms with E-state index in [0.717, 1.165) is 44.6 Å². The fourth-order valence-corrected chi connectivity index (χ4v) is 4.97. The first-order valence-electron chi connectivity index (χ1n) is 9.51. The van der Waals surface area contributed by atoms with Gasteiger partial charge in [0.1, 0.15) is 5.65 Å². The van der Waals surface area contributed by atoms with E-state index < -0.39 is 0 Å². The van der Waals surface area contributed by atoms with Gasteiger partial charge in [0, 0.05) is 21.7 Å². The number of fused-ring (bicyclic) bond motifs is 8. The quantitative estimate of drug-likeness (QED) is 0.375. The highest BCUT2D eigenvalue weighted by Gasteiger charge is 2.24. The average Bonchev–Trinajstić information content (AvgIpc) is 3.30. The Morgan fingerprint density at radius 3 is 2.50 bits per heavy atom. The van der Waals surface area contributed by atoms with Crippen molar-refractivity contribution in [1.82, 2.24) is 9.38 Å². The van der Waals surface area contributed by atoms with E-state index in [-0.39, 0.29) is 5.56 Å². The van der Waals surface area contributed by atoms with Gasteiger partial charge in [-0.15, -0.1) is 0 Å². The number of pyridine rings is 1. The lowest BCUT2D eigenvalue weighted by Crippen LogP contribution is -2.13. The third kappa shape index (κ3) is 1.57. The van der Waals surface area contributed by atoms with Crippen LogP contribution < -0.4 is 5.56 Å². The van der Waals surface area contributed by atoms with Crippen molar-refractivity contribution in [2.75, 3.05) is 0 Å². The molecule has 1 aliphatic carbocycles. The smallest absolute Gasteiger partial charge is 0.264 e. The monoisotopic (exact) mass is 358 g/mol. The molecule has 0 saturated heterocycles. The highest BCUT2D eigenvalue weighted by atomic mass is 16.1. The highest BCUT2D eigenvalue weighted by Crippen LogP contribution is 2.41. The molecule has 0 N–H and O–H groups in total. The van der Waals surface area contributed by atoms with Gasteiger partial charge in [-0.2, -0.15) is 0 Å². The summed E-state index contributed by atoms with van der Waals surface area (Å²) in [6, 6.07) is 24.8. The molecule has 28 heavy (non-hydrogen) atoms. The van der Waals surface area contributed by atoms with Crippen molar-refractivity contribution < 1.29 is 0 Å². The van der Waals surface area contributed by atoms with Gasteiger partial charge >= 0.3 is 0 Å². The van der Waals surface area contributed by atoms with E-state index in [2.05, 4.69) is 54.6 Å². The molecule has 0 spiro atoms. The first-order valence-corrected chi connectivity index (χ1v) is 9.51. The summed E-state index contributed by atoms with van der Waals surface area (Å²) in [6.45, 7) is 0. The minimum absolute atomic E-state index is 0.00744. The lowest BCUT2D eigenvalue weighted by molar-refractivity contribution is 1.19. The molecular formula is C25H14N2O. The summed E-state index contributed by atoms with van der Waals surface area (Å²) >= 11 is 0. The molecule has 0 saturated carbocycles. The first-order chi connectivity index (χ1) is 13.8. The summed E-state index contributed by atoms with van der Waals surface area (Å²) in [5, 5.41) is 3.87. The molecule has 6 aromatic rings. The van der Waals surface area contributed by atoms with Crippen LogP contribution in [0.25, 0.3) is 49.4 Å². The summed E-state index contributed by atoms with van der Waals surface area (Å²) < 4.78 is 1.80. The molecule has 1 aliphatic rings. The third-order valence-electron chi connectivity index (χ3n) is 6.16. The Balaban J connectivity index is 1.77. The van der Waals surface area contributed by atoms with Gasteiger partial charge in [0.25, 0.3) is 5.56 Å². The maximum atomic E-state index is 13.4. The zero-order valence-corrected chi connectivity index (χ0v) is 14.9. The molecule has 130 valence electrons. The molecule has 3 nitrogen and oxygen atoms in total. The largest absolute Gasteiger partial charge is 0.268 e. The number of hydrogen-bond donors (Lipinski definition) is 0. The van der Waals surface area contributed by atoms with Crippen LogP contribution in [0, 0.1) is 0 Å². The van der Waals surface area contributed by atoms with Gasteiger partial charge in [-0.3, -0.25) is 9.20 Å². The second kappa shape index (κ2) is 4.76. The van der Waals surface area contributed by atoms with Crippen molar-refractivity contribution in [3.8, 4) is 11.1 Å². The molecule has 0 radical (unpaired) electrons. The normalized spacial score (nSPS) is 13.0. The number of benzene rings is 4. The lowest BCUT2D eigenvalue weighted by atomic mass is 10.0. The second-order valence-electron chi connectivity index (χ2n) is 7.59. The fraction of sp³-hybridized carbons (Fsp3) is 0.0400. The van der Waals surface area contributed by atoms with Crippen molar-refractivity contribution in [3.63, 3.8) is 0 Å².